The second-order valence-corrected chi connectivity index (χ2v) is 6.76. The number of hydrogen-bond acceptors (Lipinski definition) is 3. The van der Waals surface area contributed by atoms with E-state index in [1.807, 2.05) is 6.92 Å². The quantitative estimate of drug-likeness (QED) is 0.314. The molecule has 1 aromatic carbocycles. The molecule has 27 heavy (non-hydrogen) atoms. The predicted octanol–water partition coefficient (Wildman–Crippen LogP) is 2.77. The van der Waals surface area contributed by atoms with E-state index in [9.17, 15) is 4.79 Å². The summed E-state index contributed by atoms with van der Waals surface area (Å²) in [7, 11) is 1.72. The van der Waals surface area contributed by atoms with Crippen molar-refractivity contribution in [1.29, 1.82) is 0 Å². The molecule has 1 aliphatic rings. The summed E-state index contributed by atoms with van der Waals surface area (Å²) in [4.78, 5) is 15.9. The Labute approximate surface area is 179 Å². The molecular weight excluding hydrogens is 455 g/mol. The molecule has 1 aromatic rings. The van der Waals surface area contributed by atoms with Crippen molar-refractivity contribution in [3.63, 3.8) is 0 Å². The molecule has 6 nitrogen and oxygen atoms in total. The largest absolute Gasteiger partial charge is 0.373 e. The van der Waals surface area contributed by atoms with Gasteiger partial charge in [-0.1, -0.05) is 36.8 Å². The van der Waals surface area contributed by atoms with Crippen molar-refractivity contribution in [3.8, 4) is 0 Å². The van der Waals surface area contributed by atoms with Crippen LogP contribution >= 0.6 is 24.0 Å². The summed E-state index contributed by atoms with van der Waals surface area (Å²) in [6.07, 6.45) is 3.21. The summed E-state index contributed by atoms with van der Waals surface area (Å²) < 4.78 is 6.06. The lowest BCUT2D eigenvalue weighted by Gasteiger charge is -2.32. The molecule has 1 aliphatic heterocycles. The highest BCUT2D eigenvalue weighted by atomic mass is 127. The molecule has 1 heterocycles. The van der Waals surface area contributed by atoms with Crippen molar-refractivity contribution in [3.05, 3.63) is 35.4 Å². The third-order valence-corrected chi connectivity index (χ3v) is 4.59. The van der Waals surface area contributed by atoms with Crippen LogP contribution in [0.15, 0.2) is 29.3 Å². The van der Waals surface area contributed by atoms with Crippen molar-refractivity contribution >= 4 is 35.8 Å². The minimum Gasteiger partial charge on any atom is -0.373 e. The smallest absolute Gasteiger partial charge is 0.239 e. The van der Waals surface area contributed by atoms with Crippen molar-refractivity contribution in [2.24, 2.45) is 10.9 Å². The van der Waals surface area contributed by atoms with Crippen LogP contribution in [0.2, 0.25) is 0 Å². The van der Waals surface area contributed by atoms with E-state index in [-0.39, 0.29) is 42.5 Å². The molecule has 0 saturated carbocycles. The van der Waals surface area contributed by atoms with Crippen molar-refractivity contribution in [1.82, 2.24) is 16.0 Å². The van der Waals surface area contributed by atoms with E-state index in [0.29, 0.717) is 18.4 Å². The normalized spacial score (nSPS) is 19.7. The first-order valence-corrected chi connectivity index (χ1v) is 9.53. The Kier molecular flexibility index (Phi) is 11.3. The SMILES string of the molecule is CCCNC(=O)CNC(=NC)NCC1CCCOC1c1ccc(C)cc1.I. The van der Waals surface area contributed by atoms with Gasteiger partial charge in [0.25, 0.3) is 0 Å². The average Bonchev–Trinajstić information content (AvgIpc) is 2.67. The van der Waals surface area contributed by atoms with Gasteiger partial charge in [0.1, 0.15) is 0 Å². The number of carbonyl (C=O) groups is 1. The number of hydrogen-bond donors (Lipinski definition) is 3. The van der Waals surface area contributed by atoms with Gasteiger partial charge in [-0.25, -0.2) is 0 Å². The summed E-state index contributed by atoms with van der Waals surface area (Å²) in [5.74, 6) is 0.997. The fourth-order valence-corrected chi connectivity index (χ4v) is 3.12. The predicted molar refractivity (Wildman–Crippen MR) is 121 cm³/mol. The van der Waals surface area contributed by atoms with E-state index >= 15 is 0 Å². The van der Waals surface area contributed by atoms with Gasteiger partial charge >= 0.3 is 0 Å². The Bertz CT molecular complexity index is 592. The first-order valence-electron chi connectivity index (χ1n) is 9.53. The van der Waals surface area contributed by atoms with Crippen LogP contribution in [0, 0.1) is 12.8 Å². The van der Waals surface area contributed by atoms with Gasteiger partial charge in [-0.15, -0.1) is 24.0 Å². The maximum absolute atomic E-state index is 11.7. The number of ether oxygens (including phenoxy) is 1. The van der Waals surface area contributed by atoms with Gasteiger partial charge in [-0.2, -0.15) is 0 Å². The van der Waals surface area contributed by atoms with Crippen LogP contribution in [0.25, 0.3) is 0 Å². The molecule has 0 spiro atoms. The molecule has 2 rings (SSSR count). The van der Waals surface area contributed by atoms with Gasteiger partial charge in [-0.3, -0.25) is 9.79 Å². The van der Waals surface area contributed by atoms with Gasteiger partial charge < -0.3 is 20.7 Å². The number of amides is 1. The minimum absolute atomic E-state index is 0. The zero-order valence-electron chi connectivity index (χ0n) is 16.6. The van der Waals surface area contributed by atoms with Crippen molar-refractivity contribution in [2.45, 2.75) is 39.2 Å². The second-order valence-electron chi connectivity index (χ2n) is 6.76. The Morgan fingerprint density at radius 3 is 2.63 bits per heavy atom. The number of benzene rings is 1. The Morgan fingerprint density at radius 1 is 1.22 bits per heavy atom. The third kappa shape index (κ3) is 8.04. The fraction of sp³-hybridized carbons (Fsp3) is 0.600. The second kappa shape index (κ2) is 12.9. The lowest BCUT2D eigenvalue weighted by Crippen LogP contribution is -2.45. The van der Waals surface area contributed by atoms with Crippen LogP contribution in [-0.4, -0.2) is 45.2 Å². The van der Waals surface area contributed by atoms with Gasteiger partial charge in [0.05, 0.1) is 12.6 Å². The number of aryl methyl sites for hydroxylation is 1. The summed E-state index contributed by atoms with van der Waals surface area (Å²) in [6.45, 7) is 6.61. The Balaban J connectivity index is 0.00000364. The molecular formula is C20H33IN4O2. The molecule has 152 valence electrons. The zero-order valence-corrected chi connectivity index (χ0v) is 18.9. The van der Waals surface area contributed by atoms with Crippen LogP contribution in [0.1, 0.15) is 43.4 Å². The number of guanidine groups is 1. The van der Waals surface area contributed by atoms with Crippen molar-refractivity contribution in [2.75, 3.05) is 33.3 Å². The number of halogens is 1. The Morgan fingerprint density at radius 2 is 1.96 bits per heavy atom. The number of nitrogens with zero attached hydrogens (tertiary/aromatic N) is 1. The molecule has 1 saturated heterocycles. The Hall–Kier alpha value is -1.35. The maximum Gasteiger partial charge on any atom is 0.239 e. The zero-order chi connectivity index (χ0) is 18.8. The van der Waals surface area contributed by atoms with E-state index in [4.69, 9.17) is 4.74 Å². The van der Waals surface area contributed by atoms with E-state index in [0.717, 1.165) is 32.4 Å². The highest BCUT2D eigenvalue weighted by molar-refractivity contribution is 14.0. The number of carbonyl (C=O) groups excluding carboxylic acids is 1. The lowest BCUT2D eigenvalue weighted by molar-refractivity contribution is -0.120. The van der Waals surface area contributed by atoms with Crippen LogP contribution in [-0.2, 0) is 9.53 Å². The molecule has 7 heteroatoms. The van der Waals surface area contributed by atoms with Gasteiger partial charge in [0, 0.05) is 32.7 Å². The van der Waals surface area contributed by atoms with Gasteiger partial charge in [0.15, 0.2) is 5.96 Å². The fourth-order valence-electron chi connectivity index (χ4n) is 3.12. The molecule has 0 bridgehead atoms. The van der Waals surface area contributed by atoms with Crippen LogP contribution in [0.5, 0.6) is 0 Å². The summed E-state index contributed by atoms with van der Waals surface area (Å²) in [5.41, 5.74) is 2.48. The minimum atomic E-state index is -0.0201. The molecule has 2 unspecified atom stereocenters. The van der Waals surface area contributed by atoms with Crippen molar-refractivity contribution < 1.29 is 9.53 Å². The highest BCUT2D eigenvalue weighted by Crippen LogP contribution is 2.33. The van der Waals surface area contributed by atoms with E-state index in [2.05, 4.69) is 52.1 Å². The molecule has 0 radical (unpaired) electrons. The summed E-state index contributed by atoms with van der Waals surface area (Å²) in [5, 5.41) is 9.25. The van der Waals surface area contributed by atoms with E-state index in [1.54, 1.807) is 7.05 Å². The van der Waals surface area contributed by atoms with Gasteiger partial charge in [-0.05, 0) is 31.7 Å². The van der Waals surface area contributed by atoms with Crippen LogP contribution < -0.4 is 16.0 Å². The number of aliphatic imine (C=N–C) groups is 1. The van der Waals surface area contributed by atoms with Gasteiger partial charge in [0.2, 0.25) is 5.91 Å². The molecule has 1 amide bonds. The molecule has 3 N–H and O–H groups in total. The highest BCUT2D eigenvalue weighted by Gasteiger charge is 2.27. The first kappa shape index (κ1) is 23.7. The molecule has 0 aromatic heterocycles. The topological polar surface area (TPSA) is 74.8 Å². The van der Waals surface area contributed by atoms with E-state index in [1.165, 1.54) is 11.1 Å². The monoisotopic (exact) mass is 488 g/mol. The lowest BCUT2D eigenvalue weighted by atomic mass is 9.89. The standard InChI is InChI=1S/C20H32N4O2.HI/c1-4-11-22-18(25)14-24-20(21-3)23-13-17-6-5-12-26-19(17)16-9-7-15(2)8-10-16;/h7-10,17,19H,4-6,11-14H2,1-3H3,(H,22,25)(H2,21,23,24);1H. The van der Waals surface area contributed by atoms with Crippen LogP contribution in [0.4, 0.5) is 0 Å². The summed E-state index contributed by atoms with van der Waals surface area (Å²) in [6, 6.07) is 8.58. The number of nitrogens with one attached hydrogen (secondary N) is 3. The number of rotatable bonds is 7. The molecule has 0 aliphatic carbocycles. The maximum atomic E-state index is 11.7. The molecule has 1 fully saturated rings. The first-order chi connectivity index (χ1) is 12.6. The van der Waals surface area contributed by atoms with Crippen LogP contribution in [0.3, 0.4) is 0 Å². The average molecular weight is 488 g/mol. The van der Waals surface area contributed by atoms with E-state index < -0.39 is 0 Å². The third-order valence-electron chi connectivity index (χ3n) is 4.59. The summed E-state index contributed by atoms with van der Waals surface area (Å²) >= 11 is 0. The molecule has 2 atom stereocenters.